The van der Waals surface area contributed by atoms with E-state index in [1.54, 1.807) is 13.1 Å². The summed E-state index contributed by atoms with van der Waals surface area (Å²) in [5.74, 6) is 1.02. The van der Waals surface area contributed by atoms with E-state index in [2.05, 4.69) is 39.2 Å². The van der Waals surface area contributed by atoms with Gasteiger partial charge in [0, 0.05) is 57.6 Å². The number of likely N-dealkylation sites (tertiary alicyclic amines) is 1. The average molecular weight is 439 g/mol. The van der Waals surface area contributed by atoms with Crippen molar-refractivity contribution in [3.05, 3.63) is 24.5 Å². The molecule has 1 fully saturated rings. The number of pyridine rings is 1. The van der Waals surface area contributed by atoms with Gasteiger partial charge in [-0.05, 0) is 37.8 Å². The number of hydrogen-bond acceptors (Lipinski definition) is 5. The summed E-state index contributed by atoms with van der Waals surface area (Å²) < 4.78 is 26.9. The molecule has 0 saturated carbocycles. The maximum absolute atomic E-state index is 12.5. The minimum Gasteiger partial charge on any atom is -0.355 e. The highest BCUT2D eigenvalue weighted by atomic mass is 32.2. The van der Waals surface area contributed by atoms with Crippen LogP contribution in [0.15, 0.2) is 34.4 Å². The van der Waals surface area contributed by atoms with Crippen LogP contribution in [0.25, 0.3) is 0 Å². The summed E-state index contributed by atoms with van der Waals surface area (Å²) in [6.45, 7) is 6.23. The highest BCUT2D eigenvalue weighted by Gasteiger charge is 2.26. The van der Waals surface area contributed by atoms with Crippen molar-refractivity contribution in [2.75, 3.05) is 33.2 Å². The molecule has 9 nitrogen and oxygen atoms in total. The highest BCUT2D eigenvalue weighted by Crippen LogP contribution is 2.17. The van der Waals surface area contributed by atoms with Crippen LogP contribution in [0, 0.1) is 5.92 Å². The van der Waals surface area contributed by atoms with Crippen LogP contribution < -0.4 is 15.4 Å². The van der Waals surface area contributed by atoms with Gasteiger partial charge in [0.15, 0.2) is 5.96 Å². The fourth-order valence-electron chi connectivity index (χ4n) is 3.48. The summed E-state index contributed by atoms with van der Waals surface area (Å²) in [6.07, 6.45) is 6.34. The highest BCUT2D eigenvalue weighted by molar-refractivity contribution is 7.89. The van der Waals surface area contributed by atoms with Crippen LogP contribution in [0.4, 0.5) is 0 Å². The number of carbonyl (C=O) groups excluding carboxylic acids is 1. The van der Waals surface area contributed by atoms with E-state index in [0.717, 1.165) is 38.8 Å². The Morgan fingerprint density at radius 2 is 1.97 bits per heavy atom. The molecule has 0 bridgehead atoms. The van der Waals surface area contributed by atoms with E-state index >= 15 is 0 Å². The minimum absolute atomic E-state index is 0.124. The lowest BCUT2D eigenvalue weighted by Crippen LogP contribution is -2.51. The fraction of sp³-hybridized carbons (Fsp3) is 0.650. The van der Waals surface area contributed by atoms with Crippen LogP contribution in [0.2, 0.25) is 0 Å². The zero-order valence-corrected chi connectivity index (χ0v) is 18.9. The molecule has 0 aromatic carbocycles. The second-order valence-corrected chi connectivity index (χ2v) is 9.11. The van der Waals surface area contributed by atoms with E-state index in [9.17, 15) is 13.2 Å². The predicted molar refractivity (Wildman–Crippen MR) is 118 cm³/mol. The first-order valence-corrected chi connectivity index (χ1v) is 12.0. The normalized spacial score (nSPS) is 16.0. The zero-order chi connectivity index (χ0) is 22.0. The molecular formula is C20H34N6O3S. The van der Waals surface area contributed by atoms with Gasteiger partial charge in [-0.25, -0.2) is 13.1 Å². The Labute approximate surface area is 179 Å². The standard InChI is InChI=1S/C20H34N6O3S/c1-4-16(5-2)19(27)26-13-8-17(9-14-26)25-20(21-3)23-11-12-24-30(28,29)18-7-6-10-22-15-18/h6-7,10,15-17,24H,4-5,8-9,11-14H2,1-3H3,(H2,21,23,25). The van der Waals surface area contributed by atoms with Crippen molar-refractivity contribution in [2.24, 2.45) is 10.9 Å². The second kappa shape index (κ2) is 11.8. The monoisotopic (exact) mass is 438 g/mol. The largest absolute Gasteiger partial charge is 0.355 e. The molecule has 0 atom stereocenters. The average Bonchev–Trinajstić information content (AvgIpc) is 2.77. The number of rotatable bonds is 9. The van der Waals surface area contributed by atoms with Gasteiger partial charge in [0.05, 0.1) is 0 Å². The second-order valence-electron chi connectivity index (χ2n) is 7.34. The topological polar surface area (TPSA) is 116 Å². The third-order valence-electron chi connectivity index (χ3n) is 5.36. The molecule has 1 aliphatic rings. The Kier molecular flexibility index (Phi) is 9.51. The first-order chi connectivity index (χ1) is 14.4. The van der Waals surface area contributed by atoms with Gasteiger partial charge in [-0.2, -0.15) is 0 Å². The number of aliphatic imine (C=N–C) groups is 1. The smallest absolute Gasteiger partial charge is 0.242 e. The quantitative estimate of drug-likeness (QED) is 0.300. The minimum atomic E-state index is -3.57. The molecule has 1 aromatic heterocycles. The Morgan fingerprint density at radius 1 is 1.27 bits per heavy atom. The third-order valence-corrected chi connectivity index (χ3v) is 6.81. The number of piperidine rings is 1. The summed E-state index contributed by atoms with van der Waals surface area (Å²) in [4.78, 5) is 22.7. The number of nitrogens with one attached hydrogen (secondary N) is 3. The fourth-order valence-corrected chi connectivity index (χ4v) is 4.48. The van der Waals surface area contributed by atoms with Crippen molar-refractivity contribution in [3.8, 4) is 0 Å². The molecule has 2 rings (SSSR count). The SMILES string of the molecule is CCC(CC)C(=O)N1CCC(NC(=NC)NCCNS(=O)(=O)c2cccnc2)CC1. The Balaban J connectivity index is 1.72. The van der Waals surface area contributed by atoms with E-state index in [0.29, 0.717) is 12.5 Å². The lowest BCUT2D eigenvalue weighted by Gasteiger charge is -2.34. The summed E-state index contributed by atoms with van der Waals surface area (Å²) in [6, 6.07) is 3.32. The van der Waals surface area contributed by atoms with Crippen LogP contribution in [0.5, 0.6) is 0 Å². The number of sulfonamides is 1. The Bertz CT molecular complexity index is 788. The van der Waals surface area contributed by atoms with E-state index in [-0.39, 0.29) is 29.3 Å². The van der Waals surface area contributed by atoms with Gasteiger partial charge in [-0.1, -0.05) is 13.8 Å². The van der Waals surface area contributed by atoms with Crippen molar-refractivity contribution in [2.45, 2.75) is 50.5 Å². The number of aromatic nitrogens is 1. The van der Waals surface area contributed by atoms with Crippen LogP contribution in [0.3, 0.4) is 0 Å². The molecule has 0 spiro atoms. The zero-order valence-electron chi connectivity index (χ0n) is 18.1. The molecule has 1 aromatic rings. The molecular weight excluding hydrogens is 404 g/mol. The lowest BCUT2D eigenvalue weighted by atomic mass is 9.98. The number of carbonyl (C=O) groups is 1. The van der Waals surface area contributed by atoms with Gasteiger partial charge in [-0.3, -0.25) is 14.8 Å². The van der Waals surface area contributed by atoms with Crippen LogP contribution in [-0.4, -0.2) is 69.4 Å². The van der Waals surface area contributed by atoms with Crippen molar-refractivity contribution in [1.29, 1.82) is 0 Å². The molecule has 0 radical (unpaired) electrons. The van der Waals surface area contributed by atoms with E-state index in [1.807, 2.05) is 4.90 Å². The van der Waals surface area contributed by atoms with Crippen LogP contribution in [-0.2, 0) is 14.8 Å². The van der Waals surface area contributed by atoms with Gasteiger partial charge >= 0.3 is 0 Å². The van der Waals surface area contributed by atoms with Crippen molar-refractivity contribution >= 4 is 21.9 Å². The van der Waals surface area contributed by atoms with Crippen molar-refractivity contribution in [3.63, 3.8) is 0 Å². The lowest BCUT2D eigenvalue weighted by molar-refractivity contribution is -0.136. The molecule has 1 saturated heterocycles. The maximum atomic E-state index is 12.5. The van der Waals surface area contributed by atoms with Gasteiger partial charge in [-0.15, -0.1) is 0 Å². The van der Waals surface area contributed by atoms with E-state index in [4.69, 9.17) is 0 Å². The number of amides is 1. The Hall–Kier alpha value is -2.20. The molecule has 1 amide bonds. The predicted octanol–water partition coefficient (Wildman–Crippen LogP) is 0.952. The summed E-state index contributed by atoms with van der Waals surface area (Å²) >= 11 is 0. The van der Waals surface area contributed by atoms with E-state index < -0.39 is 10.0 Å². The van der Waals surface area contributed by atoms with Gasteiger partial charge in [0.2, 0.25) is 15.9 Å². The molecule has 2 heterocycles. The number of hydrogen-bond donors (Lipinski definition) is 3. The molecule has 3 N–H and O–H groups in total. The van der Waals surface area contributed by atoms with E-state index in [1.165, 1.54) is 18.5 Å². The van der Waals surface area contributed by atoms with Gasteiger partial charge in [0.25, 0.3) is 0 Å². The van der Waals surface area contributed by atoms with Crippen LogP contribution >= 0.6 is 0 Å². The molecule has 0 aliphatic carbocycles. The van der Waals surface area contributed by atoms with Gasteiger partial charge < -0.3 is 15.5 Å². The molecule has 0 unspecified atom stereocenters. The summed E-state index contributed by atoms with van der Waals surface area (Å²) in [5.41, 5.74) is 0. The molecule has 30 heavy (non-hydrogen) atoms. The maximum Gasteiger partial charge on any atom is 0.242 e. The summed E-state index contributed by atoms with van der Waals surface area (Å²) in [7, 11) is -1.89. The number of nitrogens with zero attached hydrogens (tertiary/aromatic N) is 3. The molecule has 168 valence electrons. The third kappa shape index (κ3) is 6.94. The van der Waals surface area contributed by atoms with Crippen LogP contribution in [0.1, 0.15) is 39.5 Å². The first-order valence-electron chi connectivity index (χ1n) is 10.6. The Morgan fingerprint density at radius 3 is 2.53 bits per heavy atom. The van der Waals surface area contributed by atoms with Crippen molar-refractivity contribution < 1.29 is 13.2 Å². The van der Waals surface area contributed by atoms with Gasteiger partial charge in [0.1, 0.15) is 4.90 Å². The first kappa shape index (κ1) is 24.1. The summed E-state index contributed by atoms with van der Waals surface area (Å²) in [5, 5.41) is 6.49. The molecule has 10 heteroatoms. The molecule has 1 aliphatic heterocycles. The number of guanidine groups is 1. The van der Waals surface area contributed by atoms with Crippen molar-refractivity contribution in [1.82, 2.24) is 25.2 Å².